The van der Waals surface area contributed by atoms with Gasteiger partial charge in [0, 0.05) is 0 Å². The highest BCUT2D eigenvalue weighted by Crippen LogP contribution is 2.38. The number of thiophene rings is 1. The molecule has 0 spiro atoms. The van der Waals surface area contributed by atoms with Gasteiger partial charge >= 0.3 is 5.97 Å². The van der Waals surface area contributed by atoms with Gasteiger partial charge in [-0.3, -0.25) is 4.79 Å². The topological polar surface area (TPSA) is 64.6 Å². The van der Waals surface area contributed by atoms with Crippen LogP contribution < -0.4 is 10.1 Å². The number of anilines is 1. The fourth-order valence-electron chi connectivity index (χ4n) is 1.20. The molecule has 1 aliphatic heterocycles. The fourth-order valence-corrected chi connectivity index (χ4v) is 2.15. The quantitative estimate of drug-likeness (QED) is 0.733. The minimum absolute atomic E-state index is 0.211. The molecule has 2 rings (SSSR count). The Morgan fingerprint density at radius 3 is 3.07 bits per heavy atom. The van der Waals surface area contributed by atoms with Crippen LogP contribution in [0.5, 0.6) is 5.06 Å². The van der Waals surface area contributed by atoms with Gasteiger partial charge in [-0.2, -0.15) is 0 Å². The summed E-state index contributed by atoms with van der Waals surface area (Å²) in [7, 11) is 1.31. The number of amides is 1. The summed E-state index contributed by atoms with van der Waals surface area (Å²) in [5, 5.41) is 3.19. The third-order valence-corrected chi connectivity index (χ3v) is 3.00. The molecule has 2 heterocycles. The van der Waals surface area contributed by atoms with Crippen molar-refractivity contribution in [2.45, 2.75) is 13.0 Å². The number of carbonyl (C=O) groups excluding carboxylic acids is 2. The zero-order chi connectivity index (χ0) is 11.0. The van der Waals surface area contributed by atoms with E-state index in [-0.39, 0.29) is 5.91 Å². The molecule has 0 fully saturated rings. The van der Waals surface area contributed by atoms with Gasteiger partial charge in [0.05, 0.1) is 12.8 Å². The van der Waals surface area contributed by atoms with E-state index in [9.17, 15) is 9.59 Å². The summed E-state index contributed by atoms with van der Waals surface area (Å²) >= 11 is 1.16. The molecule has 15 heavy (non-hydrogen) atoms. The number of nitrogens with one attached hydrogen (secondary N) is 1. The zero-order valence-electron chi connectivity index (χ0n) is 8.20. The molecule has 6 heteroatoms. The number of ether oxygens (including phenoxy) is 2. The summed E-state index contributed by atoms with van der Waals surface area (Å²) < 4.78 is 9.89. The van der Waals surface area contributed by atoms with Crippen LogP contribution in [-0.4, -0.2) is 25.1 Å². The van der Waals surface area contributed by atoms with Crippen molar-refractivity contribution in [2.24, 2.45) is 0 Å². The second-order valence-electron chi connectivity index (χ2n) is 3.05. The Morgan fingerprint density at radius 2 is 2.40 bits per heavy atom. The van der Waals surface area contributed by atoms with E-state index in [1.165, 1.54) is 7.11 Å². The maximum atomic E-state index is 11.3. The van der Waals surface area contributed by atoms with E-state index < -0.39 is 12.1 Å². The van der Waals surface area contributed by atoms with Crippen molar-refractivity contribution in [1.82, 2.24) is 0 Å². The molecule has 1 N–H and O–H groups in total. The monoisotopic (exact) mass is 227 g/mol. The minimum Gasteiger partial charge on any atom is -0.469 e. The SMILES string of the molecule is COC(=O)c1cc2c(s1)OC(C)C(=O)N2. The Bertz CT molecular complexity index is 426. The van der Waals surface area contributed by atoms with Gasteiger partial charge in [0.1, 0.15) is 4.88 Å². The second-order valence-corrected chi connectivity index (χ2v) is 4.07. The molecule has 1 atom stereocenters. The minimum atomic E-state index is -0.526. The maximum Gasteiger partial charge on any atom is 0.348 e. The first kappa shape index (κ1) is 9.97. The van der Waals surface area contributed by atoms with Gasteiger partial charge in [-0.15, -0.1) is 0 Å². The lowest BCUT2D eigenvalue weighted by atomic mass is 10.3. The summed E-state index contributed by atoms with van der Waals surface area (Å²) in [5.74, 6) is -0.642. The summed E-state index contributed by atoms with van der Waals surface area (Å²) in [6.07, 6.45) is -0.526. The summed E-state index contributed by atoms with van der Waals surface area (Å²) in [5.41, 5.74) is 0.531. The number of methoxy groups -OCH3 is 1. The van der Waals surface area contributed by atoms with Gasteiger partial charge in [-0.05, 0) is 13.0 Å². The number of hydrogen-bond acceptors (Lipinski definition) is 5. The molecule has 5 nitrogen and oxygen atoms in total. The zero-order valence-corrected chi connectivity index (χ0v) is 9.01. The molecular formula is C9H9NO4S. The predicted molar refractivity (Wildman–Crippen MR) is 54.4 cm³/mol. The van der Waals surface area contributed by atoms with Crippen LogP contribution in [0.1, 0.15) is 16.6 Å². The van der Waals surface area contributed by atoms with Gasteiger partial charge in [-0.25, -0.2) is 4.79 Å². The number of carbonyl (C=O) groups is 2. The molecular weight excluding hydrogens is 218 g/mol. The summed E-state index contributed by atoms with van der Waals surface area (Å²) in [6.45, 7) is 1.65. The van der Waals surface area contributed by atoms with E-state index >= 15 is 0 Å². The molecule has 1 amide bonds. The number of fused-ring (bicyclic) bond motifs is 1. The average molecular weight is 227 g/mol. The van der Waals surface area contributed by atoms with Crippen LogP contribution in [0.25, 0.3) is 0 Å². The lowest BCUT2D eigenvalue weighted by Gasteiger charge is -2.19. The third kappa shape index (κ3) is 1.68. The van der Waals surface area contributed by atoms with Crippen LogP contribution in [-0.2, 0) is 9.53 Å². The second kappa shape index (κ2) is 3.54. The van der Waals surface area contributed by atoms with Gasteiger partial charge in [0.15, 0.2) is 11.2 Å². The molecule has 0 saturated carbocycles. The van der Waals surface area contributed by atoms with Gasteiger partial charge in [-0.1, -0.05) is 11.3 Å². The third-order valence-electron chi connectivity index (χ3n) is 2.00. The molecule has 0 bridgehead atoms. The highest BCUT2D eigenvalue weighted by Gasteiger charge is 2.27. The number of esters is 1. The summed E-state index contributed by atoms with van der Waals surface area (Å²) in [4.78, 5) is 22.9. The molecule has 0 radical (unpaired) electrons. The van der Waals surface area contributed by atoms with E-state index in [2.05, 4.69) is 10.1 Å². The van der Waals surface area contributed by atoms with Crippen molar-refractivity contribution >= 4 is 28.9 Å². The van der Waals surface area contributed by atoms with Gasteiger partial charge < -0.3 is 14.8 Å². The van der Waals surface area contributed by atoms with E-state index in [1.54, 1.807) is 13.0 Å². The van der Waals surface area contributed by atoms with Crippen molar-refractivity contribution in [1.29, 1.82) is 0 Å². The van der Waals surface area contributed by atoms with Crippen molar-refractivity contribution in [3.05, 3.63) is 10.9 Å². The van der Waals surface area contributed by atoms with E-state index in [0.717, 1.165) is 11.3 Å². The highest BCUT2D eigenvalue weighted by atomic mass is 32.1. The lowest BCUT2D eigenvalue weighted by Crippen LogP contribution is -2.33. The lowest BCUT2D eigenvalue weighted by molar-refractivity contribution is -0.122. The van der Waals surface area contributed by atoms with Crippen LogP contribution in [0.3, 0.4) is 0 Å². The van der Waals surface area contributed by atoms with E-state index in [1.807, 2.05) is 0 Å². The van der Waals surface area contributed by atoms with Crippen LogP contribution in [0.15, 0.2) is 6.07 Å². The standard InChI is InChI=1S/C9H9NO4S/c1-4-7(11)10-5-3-6(8(12)13-2)15-9(5)14-4/h3-4H,1-2H3,(H,10,11). The van der Waals surface area contributed by atoms with E-state index in [0.29, 0.717) is 15.6 Å². The molecule has 1 unspecified atom stereocenters. The Hall–Kier alpha value is -1.56. The number of hydrogen-bond donors (Lipinski definition) is 1. The first-order chi connectivity index (χ1) is 7.11. The van der Waals surface area contributed by atoms with Crippen molar-refractivity contribution in [3.63, 3.8) is 0 Å². The predicted octanol–water partition coefficient (Wildman–Crippen LogP) is 1.25. The molecule has 0 aromatic carbocycles. The first-order valence-corrected chi connectivity index (χ1v) is 5.13. The molecule has 1 aromatic heterocycles. The van der Waals surface area contributed by atoms with Crippen LogP contribution in [0.4, 0.5) is 5.69 Å². The van der Waals surface area contributed by atoms with Crippen molar-refractivity contribution in [3.8, 4) is 5.06 Å². The smallest absolute Gasteiger partial charge is 0.348 e. The summed E-state index contributed by atoms with van der Waals surface area (Å²) in [6, 6.07) is 1.55. The van der Waals surface area contributed by atoms with Crippen molar-refractivity contribution in [2.75, 3.05) is 12.4 Å². The highest BCUT2D eigenvalue weighted by molar-refractivity contribution is 7.16. The van der Waals surface area contributed by atoms with Crippen molar-refractivity contribution < 1.29 is 19.1 Å². The van der Waals surface area contributed by atoms with Crippen LogP contribution in [0, 0.1) is 0 Å². The Kier molecular flexibility index (Phi) is 2.36. The van der Waals surface area contributed by atoms with Gasteiger partial charge in [0.25, 0.3) is 5.91 Å². The van der Waals surface area contributed by atoms with Crippen LogP contribution in [0.2, 0.25) is 0 Å². The Labute approximate surface area is 90.0 Å². The maximum absolute atomic E-state index is 11.3. The molecule has 0 aliphatic carbocycles. The Balaban J connectivity index is 2.33. The average Bonchev–Trinajstić information content (AvgIpc) is 2.60. The Morgan fingerprint density at radius 1 is 1.67 bits per heavy atom. The van der Waals surface area contributed by atoms with E-state index in [4.69, 9.17) is 4.74 Å². The largest absolute Gasteiger partial charge is 0.469 e. The first-order valence-electron chi connectivity index (χ1n) is 4.31. The fraction of sp³-hybridized carbons (Fsp3) is 0.333. The molecule has 1 aromatic rings. The van der Waals surface area contributed by atoms with Gasteiger partial charge in [0.2, 0.25) is 0 Å². The molecule has 0 saturated heterocycles. The number of rotatable bonds is 1. The molecule has 80 valence electrons. The molecule has 1 aliphatic rings. The normalized spacial score (nSPS) is 18.8. The van der Waals surface area contributed by atoms with Crippen LogP contribution >= 0.6 is 11.3 Å².